The van der Waals surface area contributed by atoms with Gasteiger partial charge in [-0.1, -0.05) is 90.4 Å². The van der Waals surface area contributed by atoms with Gasteiger partial charge >= 0.3 is 0 Å². The van der Waals surface area contributed by atoms with Crippen LogP contribution >= 0.6 is 15.9 Å². The average molecular weight is 373 g/mol. The van der Waals surface area contributed by atoms with Crippen molar-refractivity contribution in [3.63, 3.8) is 0 Å². The van der Waals surface area contributed by atoms with Crippen LogP contribution < -0.4 is 0 Å². The minimum absolute atomic E-state index is 0.0103. The molecule has 0 spiro atoms. The third-order valence-corrected chi connectivity index (χ3v) is 6.17. The van der Waals surface area contributed by atoms with Gasteiger partial charge in [0.05, 0.1) is 0 Å². The van der Waals surface area contributed by atoms with Crippen LogP contribution in [0.2, 0.25) is 0 Å². The lowest BCUT2D eigenvalue weighted by Gasteiger charge is -2.23. The minimum Gasteiger partial charge on any atom is -0.0616 e. The molecule has 1 heteroatoms. The third kappa shape index (κ3) is 1.68. The Balaban J connectivity index is 1.98. The highest BCUT2D eigenvalue weighted by Crippen LogP contribution is 2.53. The van der Waals surface area contributed by atoms with E-state index < -0.39 is 0 Å². The Labute approximate surface area is 150 Å². The van der Waals surface area contributed by atoms with Crippen molar-refractivity contribution in [2.45, 2.75) is 19.3 Å². The summed E-state index contributed by atoms with van der Waals surface area (Å²) in [5.41, 5.74) is 5.59. The Kier molecular flexibility index (Phi) is 2.79. The van der Waals surface area contributed by atoms with Gasteiger partial charge in [0.15, 0.2) is 0 Å². The van der Waals surface area contributed by atoms with Crippen LogP contribution in [0.3, 0.4) is 0 Å². The molecule has 0 aromatic heterocycles. The van der Waals surface area contributed by atoms with Gasteiger partial charge in [0.2, 0.25) is 0 Å². The van der Waals surface area contributed by atoms with E-state index in [1.165, 1.54) is 48.3 Å². The Morgan fingerprint density at radius 1 is 0.708 bits per heavy atom. The van der Waals surface area contributed by atoms with Crippen molar-refractivity contribution >= 4 is 37.5 Å². The Hall–Kier alpha value is -2.12. The molecule has 4 aromatic rings. The molecule has 0 atom stereocenters. The smallest absolute Gasteiger partial charge is 0.0256 e. The van der Waals surface area contributed by atoms with Crippen LogP contribution in [0.5, 0.6) is 0 Å². The van der Waals surface area contributed by atoms with E-state index in [-0.39, 0.29) is 5.41 Å². The fourth-order valence-corrected chi connectivity index (χ4v) is 5.00. The molecular formula is C23H17Br. The van der Waals surface area contributed by atoms with Crippen molar-refractivity contribution < 1.29 is 0 Å². The lowest BCUT2D eigenvalue weighted by molar-refractivity contribution is 0.666. The molecule has 0 bridgehead atoms. The second-order valence-corrected chi connectivity index (χ2v) is 8.01. The van der Waals surface area contributed by atoms with Crippen molar-refractivity contribution in [1.29, 1.82) is 0 Å². The number of fused-ring (bicyclic) bond motifs is 7. The molecule has 1 aliphatic rings. The van der Waals surface area contributed by atoms with Gasteiger partial charge in [-0.25, -0.2) is 0 Å². The summed E-state index contributed by atoms with van der Waals surface area (Å²) in [6, 6.07) is 24.4. The molecule has 116 valence electrons. The standard InChI is InChI=1S/C23H17Br/c1-23(2)19-8-5-9-20(24)21(19)18-13-12-16-15-7-4-3-6-14(15)10-11-17(16)22(18)23/h3-13H,1-2H3. The molecule has 1 aliphatic carbocycles. The summed E-state index contributed by atoms with van der Waals surface area (Å²) < 4.78 is 1.19. The molecule has 4 aromatic carbocycles. The highest BCUT2D eigenvalue weighted by Gasteiger charge is 2.37. The molecule has 0 fully saturated rings. The third-order valence-electron chi connectivity index (χ3n) is 5.51. The van der Waals surface area contributed by atoms with E-state index in [1.807, 2.05) is 0 Å². The highest BCUT2D eigenvalue weighted by molar-refractivity contribution is 9.10. The summed E-state index contributed by atoms with van der Waals surface area (Å²) in [7, 11) is 0. The second-order valence-electron chi connectivity index (χ2n) is 7.16. The predicted octanol–water partition coefficient (Wildman–Crippen LogP) is 7.06. The largest absolute Gasteiger partial charge is 0.0616 e. The normalized spacial score (nSPS) is 14.8. The first-order valence-corrected chi connectivity index (χ1v) is 9.12. The van der Waals surface area contributed by atoms with Crippen LogP contribution in [0.4, 0.5) is 0 Å². The fraction of sp³-hybridized carbons (Fsp3) is 0.130. The lowest BCUT2D eigenvalue weighted by atomic mass is 9.80. The van der Waals surface area contributed by atoms with Crippen molar-refractivity contribution in [3.8, 4) is 11.1 Å². The van der Waals surface area contributed by atoms with Gasteiger partial charge in [-0.3, -0.25) is 0 Å². The Morgan fingerprint density at radius 3 is 2.38 bits per heavy atom. The van der Waals surface area contributed by atoms with Crippen molar-refractivity contribution in [2.24, 2.45) is 0 Å². The summed E-state index contributed by atoms with van der Waals surface area (Å²) >= 11 is 3.77. The Bertz CT molecular complexity index is 1140. The minimum atomic E-state index is 0.0103. The molecule has 0 amide bonds. The summed E-state index contributed by atoms with van der Waals surface area (Å²) in [4.78, 5) is 0. The predicted molar refractivity (Wildman–Crippen MR) is 107 cm³/mol. The van der Waals surface area contributed by atoms with Crippen LogP contribution in [0.1, 0.15) is 25.0 Å². The summed E-state index contributed by atoms with van der Waals surface area (Å²) in [5.74, 6) is 0. The van der Waals surface area contributed by atoms with Crippen LogP contribution in [0, 0.1) is 0 Å². The zero-order chi connectivity index (χ0) is 16.5. The van der Waals surface area contributed by atoms with E-state index >= 15 is 0 Å². The first-order valence-electron chi connectivity index (χ1n) is 8.33. The van der Waals surface area contributed by atoms with Crippen molar-refractivity contribution in [1.82, 2.24) is 0 Å². The number of hydrogen-bond donors (Lipinski definition) is 0. The number of halogens is 1. The number of rotatable bonds is 0. The molecular weight excluding hydrogens is 356 g/mol. The zero-order valence-electron chi connectivity index (χ0n) is 13.7. The SMILES string of the molecule is CC1(C)c2cccc(Br)c2-c2ccc3c(ccc4ccccc43)c21. The van der Waals surface area contributed by atoms with Gasteiger partial charge in [-0.05, 0) is 44.3 Å². The molecule has 0 radical (unpaired) electrons. The maximum absolute atomic E-state index is 3.77. The van der Waals surface area contributed by atoms with Gasteiger partial charge in [0.1, 0.15) is 0 Å². The maximum Gasteiger partial charge on any atom is 0.0256 e. The van der Waals surface area contributed by atoms with E-state index in [2.05, 4.69) is 96.5 Å². The molecule has 0 N–H and O–H groups in total. The van der Waals surface area contributed by atoms with Gasteiger partial charge in [0, 0.05) is 15.5 Å². The van der Waals surface area contributed by atoms with Crippen molar-refractivity contribution in [2.75, 3.05) is 0 Å². The zero-order valence-corrected chi connectivity index (χ0v) is 15.3. The van der Waals surface area contributed by atoms with E-state index in [9.17, 15) is 0 Å². The number of benzene rings is 4. The molecule has 0 aliphatic heterocycles. The van der Waals surface area contributed by atoms with Crippen LogP contribution in [-0.4, -0.2) is 0 Å². The molecule has 0 nitrogen and oxygen atoms in total. The summed E-state index contributed by atoms with van der Waals surface area (Å²) in [6.07, 6.45) is 0. The quantitative estimate of drug-likeness (QED) is 0.289. The first kappa shape index (κ1) is 14.2. The highest BCUT2D eigenvalue weighted by atomic mass is 79.9. The van der Waals surface area contributed by atoms with Crippen LogP contribution in [-0.2, 0) is 5.41 Å². The summed E-state index contributed by atoms with van der Waals surface area (Å²) in [6.45, 7) is 4.69. The average Bonchev–Trinajstić information content (AvgIpc) is 2.84. The maximum atomic E-state index is 3.77. The van der Waals surface area contributed by atoms with Gasteiger partial charge in [-0.15, -0.1) is 0 Å². The topological polar surface area (TPSA) is 0 Å². The number of hydrogen-bond acceptors (Lipinski definition) is 0. The monoisotopic (exact) mass is 372 g/mol. The molecule has 24 heavy (non-hydrogen) atoms. The van der Waals surface area contributed by atoms with Gasteiger partial charge in [0.25, 0.3) is 0 Å². The Morgan fingerprint density at radius 2 is 1.50 bits per heavy atom. The molecule has 5 rings (SSSR count). The van der Waals surface area contributed by atoms with Gasteiger partial charge < -0.3 is 0 Å². The molecule has 0 saturated carbocycles. The van der Waals surface area contributed by atoms with Crippen LogP contribution in [0.25, 0.3) is 32.7 Å². The second kappa shape index (κ2) is 4.70. The molecule has 0 unspecified atom stereocenters. The summed E-state index contributed by atoms with van der Waals surface area (Å²) in [5, 5.41) is 5.37. The van der Waals surface area contributed by atoms with E-state index in [0.717, 1.165) is 0 Å². The molecule has 0 heterocycles. The van der Waals surface area contributed by atoms with E-state index in [0.29, 0.717) is 0 Å². The first-order chi connectivity index (χ1) is 11.6. The fourth-order valence-electron chi connectivity index (χ4n) is 4.42. The van der Waals surface area contributed by atoms with Crippen LogP contribution in [0.15, 0.2) is 71.2 Å². The van der Waals surface area contributed by atoms with Crippen molar-refractivity contribution in [3.05, 3.63) is 82.3 Å². The molecule has 0 saturated heterocycles. The lowest BCUT2D eigenvalue weighted by Crippen LogP contribution is -2.15. The van der Waals surface area contributed by atoms with Gasteiger partial charge in [-0.2, -0.15) is 0 Å². The van der Waals surface area contributed by atoms with E-state index in [4.69, 9.17) is 0 Å². The van der Waals surface area contributed by atoms with E-state index in [1.54, 1.807) is 0 Å².